The minimum Gasteiger partial charge on any atom is -0.493 e. The molecule has 0 aliphatic heterocycles. The normalized spacial score (nSPS) is 12.1. The Hall–Kier alpha value is -3.28. The van der Waals surface area contributed by atoms with Gasteiger partial charge in [-0.05, 0) is 38.1 Å². The maximum absolute atomic E-state index is 12.8. The number of nitrogens with one attached hydrogen (secondary N) is 1. The summed E-state index contributed by atoms with van der Waals surface area (Å²) >= 11 is 0. The number of hydrogen-bond acceptors (Lipinski definition) is 8. The van der Waals surface area contributed by atoms with Crippen LogP contribution in [0.15, 0.2) is 41.6 Å². The lowest BCUT2D eigenvalue weighted by molar-refractivity contribution is -0.153. The molecule has 8 nitrogen and oxygen atoms in total. The van der Waals surface area contributed by atoms with Gasteiger partial charge in [-0.3, -0.25) is 0 Å². The fraction of sp³-hybridized carbons (Fsp3) is 0.364. The Balaban J connectivity index is 2.12. The highest BCUT2D eigenvalue weighted by Crippen LogP contribution is 2.37. The number of benzene rings is 2. The third-order valence-electron chi connectivity index (χ3n) is 4.62. The first-order valence-electron chi connectivity index (χ1n) is 10.3. The van der Waals surface area contributed by atoms with Crippen LogP contribution >= 0.6 is 0 Å². The van der Waals surface area contributed by atoms with Crippen LogP contribution in [0.1, 0.15) is 20.8 Å². The number of fused-ring (bicyclic) bond motifs is 1. The molecule has 34 heavy (non-hydrogen) atoms. The van der Waals surface area contributed by atoms with E-state index in [-0.39, 0.29) is 34.0 Å². The molecule has 0 spiro atoms. The molecule has 0 radical (unpaired) electrons. The second-order valence-corrected chi connectivity index (χ2v) is 9.78. The molecule has 0 bridgehead atoms. The van der Waals surface area contributed by atoms with Gasteiger partial charge in [0.25, 0.3) is 0 Å². The second kappa shape index (κ2) is 9.92. The topological polar surface area (TPSA) is 99.6 Å². The summed E-state index contributed by atoms with van der Waals surface area (Å²) < 4.78 is 79.1. The molecule has 0 saturated heterocycles. The Kier molecular flexibility index (Phi) is 7.39. The first-order chi connectivity index (χ1) is 15.9. The Bertz CT molecular complexity index is 1280. The lowest BCUT2D eigenvalue weighted by atomic mass is 10.2. The summed E-state index contributed by atoms with van der Waals surface area (Å²) in [6.45, 7) is 3.61. The predicted molar refractivity (Wildman–Crippen MR) is 121 cm³/mol. The highest BCUT2D eigenvalue weighted by Gasteiger charge is 2.29. The van der Waals surface area contributed by atoms with Crippen molar-refractivity contribution in [1.82, 2.24) is 9.97 Å². The van der Waals surface area contributed by atoms with Gasteiger partial charge in [-0.1, -0.05) is 6.92 Å². The molecule has 0 unspecified atom stereocenters. The summed E-state index contributed by atoms with van der Waals surface area (Å²) in [5, 5.41) is 3.38. The molecule has 1 N–H and O–H groups in total. The molecule has 0 saturated carbocycles. The van der Waals surface area contributed by atoms with Gasteiger partial charge in [0.05, 0.1) is 35.1 Å². The van der Waals surface area contributed by atoms with Crippen LogP contribution < -0.4 is 19.5 Å². The van der Waals surface area contributed by atoms with Gasteiger partial charge in [-0.2, -0.15) is 13.2 Å². The summed E-state index contributed by atoms with van der Waals surface area (Å²) in [6.07, 6.45) is -3.48. The average molecular weight is 500 g/mol. The van der Waals surface area contributed by atoms with Crippen LogP contribution in [0, 0.1) is 0 Å². The van der Waals surface area contributed by atoms with Crippen molar-refractivity contribution in [2.24, 2.45) is 0 Å². The highest BCUT2D eigenvalue weighted by molar-refractivity contribution is 7.91. The summed E-state index contributed by atoms with van der Waals surface area (Å²) in [5.74, 6) is 0.701. The molecule has 0 atom stereocenters. The van der Waals surface area contributed by atoms with E-state index in [9.17, 15) is 21.6 Å². The van der Waals surface area contributed by atoms with Crippen molar-refractivity contribution in [3.63, 3.8) is 0 Å². The maximum atomic E-state index is 12.8. The van der Waals surface area contributed by atoms with E-state index in [4.69, 9.17) is 14.2 Å². The fourth-order valence-electron chi connectivity index (χ4n) is 3.05. The van der Waals surface area contributed by atoms with Gasteiger partial charge in [0.2, 0.25) is 0 Å². The van der Waals surface area contributed by atoms with Gasteiger partial charge in [-0.25, -0.2) is 18.4 Å². The monoisotopic (exact) mass is 499 g/mol. The molecule has 184 valence electrons. The number of nitrogens with zero attached hydrogens (tertiary/aromatic N) is 2. The molecule has 0 aliphatic rings. The zero-order valence-electron chi connectivity index (χ0n) is 18.9. The van der Waals surface area contributed by atoms with E-state index in [0.29, 0.717) is 22.4 Å². The van der Waals surface area contributed by atoms with E-state index >= 15 is 0 Å². The van der Waals surface area contributed by atoms with Crippen molar-refractivity contribution in [1.29, 1.82) is 0 Å². The van der Waals surface area contributed by atoms with E-state index in [1.807, 2.05) is 13.8 Å². The van der Waals surface area contributed by atoms with Gasteiger partial charge in [-0.15, -0.1) is 0 Å². The van der Waals surface area contributed by atoms with Crippen molar-refractivity contribution in [2.45, 2.75) is 37.9 Å². The molecule has 0 fully saturated rings. The number of alkyl halides is 3. The van der Waals surface area contributed by atoms with E-state index in [1.165, 1.54) is 38.6 Å². The number of aromatic nitrogens is 2. The summed E-state index contributed by atoms with van der Waals surface area (Å²) in [5.41, 5.74) is 0.474. The molecule has 3 aromatic rings. The minimum absolute atomic E-state index is 0.000853. The Morgan fingerprint density at radius 3 is 2.41 bits per heavy atom. The van der Waals surface area contributed by atoms with Crippen LogP contribution in [-0.2, 0) is 9.84 Å². The van der Waals surface area contributed by atoms with Crippen molar-refractivity contribution >= 4 is 32.2 Å². The summed E-state index contributed by atoms with van der Waals surface area (Å²) in [7, 11) is -2.15. The summed E-state index contributed by atoms with van der Waals surface area (Å²) in [6, 6.07) is 6.87. The quantitative estimate of drug-likeness (QED) is 0.444. The van der Waals surface area contributed by atoms with Crippen molar-refractivity contribution in [3.8, 4) is 17.2 Å². The van der Waals surface area contributed by atoms with Gasteiger partial charge in [0.1, 0.15) is 17.9 Å². The van der Waals surface area contributed by atoms with Crippen LogP contribution in [-0.4, -0.2) is 50.1 Å². The van der Waals surface area contributed by atoms with Crippen molar-refractivity contribution in [3.05, 3.63) is 36.7 Å². The summed E-state index contributed by atoms with van der Waals surface area (Å²) in [4.78, 5) is 8.34. The van der Waals surface area contributed by atoms with Crippen LogP contribution in [0.4, 0.5) is 24.7 Å². The molecule has 12 heteroatoms. The standard InChI is InChI=1S/C22H24F3N3O5S/c1-5-34(29,30)14-6-7-18(32-11-22(23,24)25)17(8-14)28-21-15-9-20(33-13(2)3)19(31-4)10-16(15)26-12-27-21/h6-10,12-13H,5,11H2,1-4H3,(H,26,27,28). The van der Waals surface area contributed by atoms with Crippen LogP contribution in [0.2, 0.25) is 0 Å². The molecule has 3 rings (SSSR count). The first kappa shape index (κ1) is 25.3. The maximum Gasteiger partial charge on any atom is 0.422 e. The van der Waals surface area contributed by atoms with E-state index < -0.39 is 22.6 Å². The van der Waals surface area contributed by atoms with E-state index in [2.05, 4.69) is 15.3 Å². The first-order valence-corrected chi connectivity index (χ1v) is 11.9. The largest absolute Gasteiger partial charge is 0.493 e. The predicted octanol–water partition coefficient (Wildman–Crippen LogP) is 4.90. The van der Waals surface area contributed by atoms with Crippen LogP contribution in [0.5, 0.6) is 17.2 Å². The molecular formula is C22H24F3N3O5S. The average Bonchev–Trinajstić information content (AvgIpc) is 2.77. The van der Waals surface area contributed by atoms with E-state index in [1.54, 1.807) is 12.1 Å². The molecule has 1 aromatic heterocycles. The highest BCUT2D eigenvalue weighted by atomic mass is 32.2. The van der Waals surface area contributed by atoms with Crippen molar-refractivity contribution in [2.75, 3.05) is 24.8 Å². The third-order valence-corrected chi connectivity index (χ3v) is 6.35. The molecule has 0 amide bonds. The number of anilines is 2. The Morgan fingerprint density at radius 1 is 1.06 bits per heavy atom. The van der Waals surface area contributed by atoms with Crippen molar-refractivity contribution < 1.29 is 35.8 Å². The van der Waals surface area contributed by atoms with Gasteiger partial charge in [0.15, 0.2) is 27.9 Å². The fourth-order valence-corrected chi connectivity index (χ4v) is 3.96. The SMILES string of the molecule is CCS(=O)(=O)c1ccc(OCC(F)(F)F)c(Nc2ncnc3cc(OC)c(OC(C)C)cc23)c1. The Labute approximate surface area is 195 Å². The molecule has 2 aromatic carbocycles. The molecular weight excluding hydrogens is 475 g/mol. The number of ether oxygens (including phenoxy) is 3. The zero-order chi connectivity index (χ0) is 25.1. The Morgan fingerprint density at radius 2 is 1.79 bits per heavy atom. The third kappa shape index (κ3) is 5.99. The van der Waals surface area contributed by atoms with Gasteiger partial charge < -0.3 is 19.5 Å². The molecule has 1 heterocycles. The van der Waals surface area contributed by atoms with Crippen LogP contribution in [0.3, 0.4) is 0 Å². The number of methoxy groups -OCH3 is 1. The minimum atomic E-state index is -4.58. The lowest BCUT2D eigenvalue weighted by Gasteiger charge is -2.17. The number of hydrogen-bond donors (Lipinski definition) is 1. The van der Waals surface area contributed by atoms with Gasteiger partial charge >= 0.3 is 6.18 Å². The second-order valence-electron chi connectivity index (χ2n) is 7.50. The smallest absolute Gasteiger partial charge is 0.422 e. The number of sulfone groups is 1. The van der Waals surface area contributed by atoms with Crippen LogP contribution in [0.25, 0.3) is 10.9 Å². The number of rotatable bonds is 9. The number of halogens is 3. The lowest BCUT2D eigenvalue weighted by Crippen LogP contribution is -2.19. The van der Waals surface area contributed by atoms with E-state index in [0.717, 1.165) is 0 Å². The molecule has 0 aliphatic carbocycles. The van der Waals surface area contributed by atoms with Gasteiger partial charge in [0, 0.05) is 11.5 Å². The zero-order valence-corrected chi connectivity index (χ0v) is 19.7.